The number of halogens is 1. The molecule has 0 bridgehead atoms. The van der Waals surface area contributed by atoms with E-state index < -0.39 is 7.26 Å². The highest BCUT2D eigenvalue weighted by molar-refractivity contribution is 7.97. The van der Waals surface area contributed by atoms with Crippen LogP contribution in [0.5, 0.6) is 0 Å². The molecule has 0 unspecified atom stereocenters. The first-order chi connectivity index (χ1) is 17.2. The molecule has 0 amide bonds. The SMILES string of the molecule is CC.Cc1ccccc1-c1cc[nH]ncc([P+](C)(C)C)c(C)n1.NCCCNSc1cccc(F)c1. The maximum absolute atomic E-state index is 12.7. The number of nitrogens with one attached hydrogen (secondary N) is 2. The van der Waals surface area contributed by atoms with Crippen LogP contribution in [0.15, 0.2) is 71.9 Å². The molecule has 0 aliphatic rings. The molecule has 0 saturated heterocycles. The fourth-order valence-corrected chi connectivity index (χ4v) is 5.29. The Hall–Kier alpha value is -2.31. The van der Waals surface area contributed by atoms with Crippen LogP contribution in [0.1, 0.15) is 31.5 Å². The molecule has 0 fully saturated rings. The van der Waals surface area contributed by atoms with Crippen molar-refractivity contribution in [3.05, 3.63) is 84.1 Å². The minimum atomic E-state index is -1.19. The Balaban J connectivity index is 0.000000371. The van der Waals surface area contributed by atoms with Crippen molar-refractivity contribution in [2.75, 3.05) is 33.1 Å². The second kappa shape index (κ2) is 17.2. The van der Waals surface area contributed by atoms with Gasteiger partial charge in [-0.3, -0.25) is 9.82 Å². The number of benzene rings is 2. The highest BCUT2D eigenvalue weighted by Gasteiger charge is 2.24. The summed E-state index contributed by atoms with van der Waals surface area (Å²) >= 11 is 1.43. The van der Waals surface area contributed by atoms with Crippen LogP contribution in [0.4, 0.5) is 4.39 Å². The lowest BCUT2D eigenvalue weighted by Crippen LogP contribution is -2.12. The van der Waals surface area contributed by atoms with Gasteiger partial charge >= 0.3 is 0 Å². The molecule has 0 aliphatic carbocycles. The van der Waals surface area contributed by atoms with E-state index in [1.807, 2.05) is 44.4 Å². The highest BCUT2D eigenvalue weighted by Crippen LogP contribution is 2.45. The van der Waals surface area contributed by atoms with E-state index in [2.05, 4.69) is 67.0 Å². The molecule has 5 nitrogen and oxygen atoms in total. The number of aryl methyl sites for hydroxylation is 2. The third kappa shape index (κ3) is 11.6. The lowest BCUT2D eigenvalue weighted by atomic mass is 10.1. The monoisotopic (exact) mass is 530 g/mol. The van der Waals surface area contributed by atoms with Crippen LogP contribution >= 0.6 is 19.2 Å². The van der Waals surface area contributed by atoms with Gasteiger partial charge in [-0.05, 0) is 68.6 Å². The van der Waals surface area contributed by atoms with E-state index in [0.29, 0.717) is 6.54 Å². The van der Waals surface area contributed by atoms with Crippen LogP contribution in [0, 0.1) is 19.7 Å². The lowest BCUT2D eigenvalue weighted by molar-refractivity contribution is 0.624. The minimum absolute atomic E-state index is 0.203. The number of aromatic amines is 1. The quantitative estimate of drug-likeness (QED) is 0.184. The van der Waals surface area contributed by atoms with Crippen molar-refractivity contribution in [3.8, 4) is 11.3 Å². The Morgan fingerprint density at radius 1 is 1.03 bits per heavy atom. The van der Waals surface area contributed by atoms with Gasteiger partial charge in [0, 0.05) is 30.5 Å². The molecule has 3 aromatic rings. The van der Waals surface area contributed by atoms with Gasteiger partial charge in [0.2, 0.25) is 0 Å². The summed E-state index contributed by atoms with van der Waals surface area (Å²) in [6.45, 7) is 16.6. The summed E-state index contributed by atoms with van der Waals surface area (Å²) in [4.78, 5) is 5.77. The number of nitrogens with zero attached hydrogens (tertiary/aromatic N) is 2. The van der Waals surface area contributed by atoms with Crippen molar-refractivity contribution >= 4 is 24.5 Å². The Bertz CT molecular complexity index is 1100. The van der Waals surface area contributed by atoms with Gasteiger partial charge in [0.1, 0.15) is 11.1 Å². The molecule has 1 aromatic heterocycles. The number of aromatic nitrogens is 3. The van der Waals surface area contributed by atoms with Crippen molar-refractivity contribution in [3.63, 3.8) is 0 Å². The zero-order valence-corrected chi connectivity index (χ0v) is 24.4. The van der Waals surface area contributed by atoms with Gasteiger partial charge in [-0.1, -0.05) is 44.2 Å². The molecule has 36 heavy (non-hydrogen) atoms. The van der Waals surface area contributed by atoms with Crippen molar-refractivity contribution in [1.29, 1.82) is 0 Å². The maximum Gasteiger partial charge on any atom is 0.134 e. The number of H-pyrrole nitrogens is 1. The highest BCUT2D eigenvalue weighted by atomic mass is 32.2. The topological polar surface area (TPSA) is 79.6 Å². The van der Waals surface area contributed by atoms with Gasteiger partial charge in [-0.2, -0.15) is 5.10 Å². The molecule has 0 atom stereocenters. The van der Waals surface area contributed by atoms with Crippen LogP contribution in [0.2, 0.25) is 0 Å². The summed E-state index contributed by atoms with van der Waals surface area (Å²) in [6, 6.07) is 16.8. The van der Waals surface area contributed by atoms with Gasteiger partial charge in [-0.25, -0.2) is 9.37 Å². The number of hydrogen-bond acceptors (Lipinski definition) is 5. The average molecular weight is 531 g/mol. The molecule has 196 valence electrons. The van der Waals surface area contributed by atoms with Crippen LogP contribution < -0.4 is 15.8 Å². The Kier molecular flexibility index (Phi) is 15.2. The molecule has 0 spiro atoms. The van der Waals surface area contributed by atoms with Crippen LogP contribution in [-0.2, 0) is 0 Å². The number of nitrogens with two attached hydrogens (primary N) is 1. The van der Waals surface area contributed by atoms with Crippen LogP contribution in [-0.4, -0.2) is 48.3 Å². The molecule has 3 rings (SSSR count). The molecule has 0 aliphatic heterocycles. The first kappa shape index (κ1) is 31.7. The van der Waals surface area contributed by atoms with E-state index in [-0.39, 0.29) is 5.82 Å². The zero-order chi connectivity index (χ0) is 27.0. The van der Waals surface area contributed by atoms with Gasteiger partial charge in [0.15, 0.2) is 0 Å². The second-order valence-corrected chi connectivity index (χ2v) is 14.1. The normalized spacial score (nSPS) is 10.4. The molecule has 1 heterocycles. The molecule has 2 aromatic carbocycles. The fraction of sp³-hybridized carbons (Fsp3) is 0.357. The van der Waals surface area contributed by atoms with E-state index in [1.165, 1.54) is 34.9 Å². The van der Waals surface area contributed by atoms with Gasteiger partial charge in [-0.15, -0.1) is 0 Å². The molecule has 0 saturated carbocycles. The van der Waals surface area contributed by atoms with Gasteiger partial charge < -0.3 is 5.73 Å². The molecule has 0 radical (unpaired) electrons. The van der Waals surface area contributed by atoms with Crippen molar-refractivity contribution < 1.29 is 4.39 Å². The third-order valence-electron chi connectivity index (χ3n) is 4.85. The molecular weight excluding hydrogens is 488 g/mol. The Labute approximate surface area is 221 Å². The smallest absolute Gasteiger partial charge is 0.134 e. The van der Waals surface area contributed by atoms with E-state index in [0.717, 1.165) is 34.8 Å². The standard InChI is InChI=1S/C17H23N3P.C9H13FN2S.C2H6/c1-13-8-6-7-9-15(13)16-10-11-18-19-12-17(14(2)20-16)21(3,4)5;10-8-3-1-4-9(7-8)13-12-6-2-5-11;1-2/h6-12,18H,1-5H3;1,3-4,7,12H,2,5-6,11H2;1-2H3/q+1;;. The summed E-state index contributed by atoms with van der Waals surface area (Å²) in [6.07, 6.45) is 4.68. The minimum Gasteiger partial charge on any atom is -0.330 e. The summed E-state index contributed by atoms with van der Waals surface area (Å²) in [5, 5.41) is 8.48. The van der Waals surface area contributed by atoms with E-state index >= 15 is 0 Å². The first-order valence-electron chi connectivity index (χ1n) is 12.2. The summed E-state index contributed by atoms with van der Waals surface area (Å²) in [5.41, 5.74) is 9.72. The van der Waals surface area contributed by atoms with E-state index in [9.17, 15) is 4.39 Å². The number of hydrogen-bond donors (Lipinski definition) is 3. The van der Waals surface area contributed by atoms with E-state index in [4.69, 9.17) is 10.7 Å². The lowest BCUT2D eigenvalue weighted by Gasteiger charge is -2.11. The molecular formula is C28H42FN5PS+. The predicted octanol–water partition coefficient (Wildman–Crippen LogP) is 6.54. The average Bonchev–Trinajstić information content (AvgIpc) is 2.94. The van der Waals surface area contributed by atoms with Crippen molar-refractivity contribution in [1.82, 2.24) is 19.9 Å². The largest absolute Gasteiger partial charge is 0.330 e. The first-order valence-corrected chi connectivity index (χ1v) is 16.1. The van der Waals surface area contributed by atoms with Crippen LogP contribution in [0.25, 0.3) is 11.3 Å². The van der Waals surface area contributed by atoms with Crippen molar-refractivity contribution in [2.24, 2.45) is 5.73 Å². The fourth-order valence-electron chi connectivity index (χ4n) is 3.13. The number of rotatable bonds is 7. The predicted molar refractivity (Wildman–Crippen MR) is 159 cm³/mol. The van der Waals surface area contributed by atoms with E-state index in [1.54, 1.807) is 6.07 Å². The Morgan fingerprint density at radius 2 is 1.75 bits per heavy atom. The van der Waals surface area contributed by atoms with Crippen LogP contribution in [0.3, 0.4) is 0 Å². The zero-order valence-electron chi connectivity index (χ0n) is 22.7. The van der Waals surface area contributed by atoms with Gasteiger partial charge in [0.25, 0.3) is 0 Å². The summed E-state index contributed by atoms with van der Waals surface area (Å²) in [5.74, 6) is -0.203. The summed E-state index contributed by atoms with van der Waals surface area (Å²) in [7, 11) is -1.19. The van der Waals surface area contributed by atoms with Crippen molar-refractivity contribution in [2.45, 2.75) is 39.0 Å². The third-order valence-corrected chi connectivity index (χ3v) is 7.57. The van der Waals surface area contributed by atoms with Gasteiger partial charge in [0.05, 0.1) is 37.6 Å². The second-order valence-electron chi connectivity index (χ2n) is 8.61. The Morgan fingerprint density at radius 3 is 2.39 bits per heavy atom. The molecule has 8 heteroatoms. The molecule has 4 N–H and O–H groups in total. The maximum atomic E-state index is 12.7. The summed E-state index contributed by atoms with van der Waals surface area (Å²) < 4.78 is 15.8.